The predicted molar refractivity (Wildman–Crippen MR) is 59.0 cm³/mol. The van der Waals surface area contributed by atoms with Gasteiger partial charge in [0.05, 0.1) is 11.8 Å². The topological polar surface area (TPSA) is 30.2 Å². The minimum Gasteiger partial charge on any atom is -0.469 e. The lowest BCUT2D eigenvalue weighted by molar-refractivity contribution is 0.102. The molecule has 0 atom stereocenters. The van der Waals surface area contributed by atoms with Crippen LogP contribution >= 0.6 is 0 Å². The smallest absolute Gasteiger partial charge is 0.192 e. The zero-order valence-electron chi connectivity index (χ0n) is 9.08. The molecular formula is C13H16O2. The van der Waals surface area contributed by atoms with Gasteiger partial charge in [0.2, 0.25) is 0 Å². The largest absolute Gasteiger partial charge is 0.469 e. The summed E-state index contributed by atoms with van der Waals surface area (Å²) in [5, 5.41) is 0. The van der Waals surface area contributed by atoms with Crippen molar-refractivity contribution in [3.8, 4) is 0 Å². The molecule has 0 N–H and O–H groups in total. The van der Waals surface area contributed by atoms with Crippen LogP contribution in [-0.4, -0.2) is 5.78 Å². The zero-order valence-corrected chi connectivity index (χ0v) is 9.08. The van der Waals surface area contributed by atoms with Crippen LogP contribution < -0.4 is 0 Å². The number of ketones is 1. The number of hydrogen-bond acceptors (Lipinski definition) is 2. The third kappa shape index (κ3) is 2.04. The molecule has 2 rings (SSSR count). The molecule has 2 nitrogen and oxygen atoms in total. The van der Waals surface area contributed by atoms with Gasteiger partial charge in [0, 0.05) is 6.42 Å². The molecule has 0 aliphatic heterocycles. The zero-order chi connectivity index (χ0) is 10.7. The van der Waals surface area contributed by atoms with E-state index in [1.54, 1.807) is 12.3 Å². The maximum Gasteiger partial charge on any atom is 0.192 e. The van der Waals surface area contributed by atoms with Crippen LogP contribution in [0.1, 0.15) is 48.7 Å². The highest BCUT2D eigenvalue weighted by atomic mass is 16.3. The number of carbonyl (C=O) groups is 1. The van der Waals surface area contributed by atoms with Crippen LogP contribution in [0, 0.1) is 0 Å². The second-order valence-electron chi connectivity index (χ2n) is 3.92. The van der Waals surface area contributed by atoms with Gasteiger partial charge in [-0.05, 0) is 37.3 Å². The van der Waals surface area contributed by atoms with Crippen LogP contribution in [0.4, 0.5) is 0 Å². The monoisotopic (exact) mass is 204 g/mol. The number of hydrogen-bond donors (Lipinski definition) is 0. The average molecular weight is 204 g/mol. The number of furan rings is 1. The van der Waals surface area contributed by atoms with E-state index in [1.807, 2.05) is 6.92 Å². The normalized spacial score (nSPS) is 16.2. The number of aryl methyl sites for hydroxylation is 1. The number of Topliss-reactive ketones (excluding diaryl/α,β-unsaturated/α-hetero) is 1. The van der Waals surface area contributed by atoms with Crippen LogP contribution in [0.25, 0.3) is 0 Å². The first kappa shape index (κ1) is 10.2. The maximum absolute atomic E-state index is 12.1. The van der Waals surface area contributed by atoms with Gasteiger partial charge in [0.15, 0.2) is 5.78 Å². The summed E-state index contributed by atoms with van der Waals surface area (Å²) in [4.78, 5) is 12.1. The van der Waals surface area contributed by atoms with Crippen LogP contribution in [-0.2, 0) is 6.42 Å². The standard InChI is InChI=1S/C13H16O2/c1-2-12-11(8-9-15-12)13(14)10-6-4-3-5-7-10/h6,8-9H,2-5,7H2,1H3. The Kier molecular flexibility index (Phi) is 3.05. The van der Waals surface area contributed by atoms with Gasteiger partial charge in [-0.3, -0.25) is 4.79 Å². The highest BCUT2D eigenvalue weighted by molar-refractivity contribution is 6.09. The van der Waals surface area contributed by atoms with Crippen molar-refractivity contribution in [1.29, 1.82) is 0 Å². The van der Waals surface area contributed by atoms with Crippen molar-refractivity contribution in [3.63, 3.8) is 0 Å². The second-order valence-corrected chi connectivity index (χ2v) is 3.92. The van der Waals surface area contributed by atoms with Crippen molar-refractivity contribution < 1.29 is 9.21 Å². The van der Waals surface area contributed by atoms with Gasteiger partial charge >= 0.3 is 0 Å². The summed E-state index contributed by atoms with van der Waals surface area (Å²) in [7, 11) is 0. The fourth-order valence-electron chi connectivity index (χ4n) is 2.03. The average Bonchev–Trinajstić information content (AvgIpc) is 2.77. The molecule has 0 spiro atoms. The summed E-state index contributed by atoms with van der Waals surface area (Å²) < 4.78 is 5.28. The Morgan fingerprint density at radius 2 is 2.33 bits per heavy atom. The third-order valence-electron chi connectivity index (χ3n) is 2.89. The lowest BCUT2D eigenvalue weighted by Gasteiger charge is -2.10. The third-order valence-corrected chi connectivity index (χ3v) is 2.89. The Bertz CT molecular complexity index is 385. The van der Waals surface area contributed by atoms with Crippen molar-refractivity contribution in [2.24, 2.45) is 0 Å². The first-order chi connectivity index (χ1) is 7.33. The molecule has 80 valence electrons. The van der Waals surface area contributed by atoms with Crippen molar-refractivity contribution in [3.05, 3.63) is 35.3 Å². The van der Waals surface area contributed by atoms with Gasteiger partial charge < -0.3 is 4.42 Å². The minimum atomic E-state index is 0.167. The maximum atomic E-state index is 12.1. The van der Waals surface area contributed by atoms with E-state index in [0.717, 1.165) is 42.6 Å². The number of carbonyl (C=O) groups excluding carboxylic acids is 1. The van der Waals surface area contributed by atoms with Crippen molar-refractivity contribution >= 4 is 5.78 Å². The molecule has 1 heterocycles. The highest BCUT2D eigenvalue weighted by Crippen LogP contribution is 2.23. The SMILES string of the molecule is CCc1occc1C(=O)C1=CCCCC1. The molecule has 1 aliphatic rings. The van der Waals surface area contributed by atoms with Gasteiger partial charge in [0.25, 0.3) is 0 Å². The second kappa shape index (κ2) is 4.47. The highest BCUT2D eigenvalue weighted by Gasteiger charge is 2.18. The van der Waals surface area contributed by atoms with E-state index >= 15 is 0 Å². The Balaban J connectivity index is 2.23. The summed E-state index contributed by atoms with van der Waals surface area (Å²) in [6, 6.07) is 1.79. The molecule has 0 amide bonds. The molecule has 0 fully saturated rings. The van der Waals surface area contributed by atoms with E-state index in [9.17, 15) is 4.79 Å². The van der Waals surface area contributed by atoms with Crippen molar-refractivity contribution in [2.75, 3.05) is 0 Å². The summed E-state index contributed by atoms with van der Waals surface area (Å²) in [6.07, 6.45) is 8.78. The first-order valence-corrected chi connectivity index (χ1v) is 5.63. The van der Waals surface area contributed by atoms with Crippen molar-refractivity contribution in [2.45, 2.75) is 39.0 Å². The Labute approximate surface area is 90.0 Å². The van der Waals surface area contributed by atoms with E-state index in [1.165, 1.54) is 6.42 Å². The van der Waals surface area contributed by atoms with Gasteiger partial charge in [-0.1, -0.05) is 13.0 Å². The number of allylic oxidation sites excluding steroid dienone is 2. The van der Waals surface area contributed by atoms with E-state index in [-0.39, 0.29) is 5.78 Å². The lowest BCUT2D eigenvalue weighted by Crippen LogP contribution is -2.07. The van der Waals surface area contributed by atoms with E-state index in [0.29, 0.717) is 0 Å². The fourth-order valence-corrected chi connectivity index (χ4v) is 2.03. The molecule has 15 heavy (non-hydrogen) atoms. The summed E-state index contributed by atoms with van der Waals surface area (Å²) in [5.41, 5.74) is 1.72. The van der Waals surface area contributed by atoms with Crippen LogP contribution in [0.5, 0.6) is 0 Å². The van der Waals surface area contributed by atoms with Gasteiger partial charge in [0.1, 0.15) is 5.76 Å². The van der Waals surface area contributed by atoms with E-state index < -0.39 is 0 Å². The molecule has 0 saturated carbocycles. The Morgan fingerprint density at radius 3 is 3.00 bits per heavy atom. The van der Waals surface area contributed by atoms with Gasteiger partial charge in [-0.2, -0.15) is 0 Å². The van der Waals surface area contributed by atoms with E-state index in [2.05, 4.69) is 6.08 Å². The Hall–Kier alpha value is -1.31. The summed E-state index contributed by atoms with van der Waals surface area (Å²) >= 11 is 0. The van der Waals surface area contributed by atoms with Crippen LogP contribution in [0.2, 0.25) is 0 Å². The molecular weight excluding hydrogens is 188 g/mol. The molecule has 0 saturated heterocycles. The molecule has 0 unspecified atom stereocenters. The fraction of sp³-hybridized carbons (Fsp3) is 0.462. The minimum absolute atomic E-state index is 0.167. The van der Waals surface area contributed by atoms with Crippen molar-refractivity contribution in [1.82, 2.24) is 0 Å². The predicted octanol–water partition coefficient (Wildman–Crippen LogP) is 3.53. The molecule has 0 aromatic carbocycles. The molecule has 1 aromatic heterocycles. The lowest BCUT2D eigenvalue weighted by atomic mass is 9.93. The van der Waals surface area contributed by atoms with Crippen LogP contribution in [0.15, 0.2) is 28.4 Å². The molecule has 2 heteroatoms. The van der Waals surface area contributed by atoms with E-state index in [4.69, 9.17) is 4.42 Å². The summed E-state index contributed by atoms with van der Waals surface area (Å²) in [5.74, 6) is 0.978. The van der Waals surface area contributed by atoms with Gasteiger partial charge in [-0.25, -0.2) is 0 Å². The molecule has 1 aromatic rings. The molecule has 0 radical (unpaired) electrons. The van der Waals surface area contributed by atoms with Gasteiger partial charge in [-0.15, -0.1) is 0 Å². The Morgan fingerprint density at radius 1 is 1.47 bits per heavy atom. The molecule has 1 aliphatic carbocycles. The summed E-state index contributed by atoms with van der Waals surface area (Å²) in [6.45, 7) is 2.00. The van der Waals surface area contributed by atoms with Crippen LogP contribution in [0.3, 0.4) is 0 Å². The number of rotatable bonds is 3. The first-order valence-electron chi connectivity index (χ1n) is 5.63. The molecule has 0 bridgehead atoms. The quantitative estimate of drug-likeness (QED) is 0.705.